The summed E-state index contributed by atoms with van der Waals surface area (Å²) >= 11 is 0. The molecule has 0 aliphatic carbocycles. The molecule has 0 unspecified atom stereocenters. The molecule has 0 aromatic heterocycles. The Labute approximate surface area is 192 Å². The second kappa shape index (κ2) is 33.5. The molecule has 2 amide bonds. The third-order valence-electron chi connectivity index (χ3n) is 4.31. The third-order valence-corrected chi connectivity index (χ3v) is 4.31. The van der Waals surface area contributed by atoms with E-state index in [9.17, 15) is 9.59 Å². The summed E-state index contributed by atoms with van der Waals surface area (Å²) < 4.78 is 9.67. The minimum atomic E-state index is 0.0591. The van der Waals surface area contributed by atoms with Gasteiger partial charge in [-0.25, -0.2) is 0 Å². The third kappa shape index (κ3) is 47.8. The predicted molar refractivity (Wildman–Crippen MR) is 131 cm³/mol. The van der Waals surface area contributed by atoms with E-state index in [2.05, 4.69) is 17.6 Å². The van der Waals surface area contributed by atoms with E-state index in [1.54, 1.807) is 28.1 Å². The zero-order valence-corrected chi connectivity index (χ0v) is 21.2. The molecule has 0 saturated carbocycles. The summed E-state index contributed by atoms with van der Waals surface area (Å²) in [6.07, 6.45) is 14.3. The van der Waals surface area contributed by atoms with Gasteiger partial charge in [-0.05, 0) is 38.6 Å². The molecule has 0 aliphatic heterocycles. The monoisotopic (exact) mass is 447 g/mol. The van der Waals surface area contributed by atoms with Crippen LogP contribution in [0.4, 0.5) is 0 Å². The highest BCUT2D eigenvalue weighted by atomic mass is 16.5. The first-order valence-electron chi connectivity index (χ1n) is 12.1. The first-order chi connectivity index (χ1) is 15.0. The van der Waals surface area contributed by atoms with E-state index in [0.717, 1.165) is 65.0 Å². The zero-order valence-electron chi connectivity index (χ0n) is 21.2. The normalized spacial score (nSPS) is 9.74. The second-order valence-electron chi connectivity index (χ2n) is 7.63. The maximum absolute atomic E-state index is 10.6. The number of nitrogens with two attached hydrogens (primary N) is 1. The Morgan fingerprint density at radius 2 is 1.03 bits per heavy atom. The van der Waals surface area contributed by atoms with Crippen molar-refractivity contribution in [1.82, 2.24) is 10.6 Å². The van der Waals surface area contributed by atoms with Gasteiger partial charge in [-0.15, -0.1) is 0 Å². The predicted octanol–water partition coefficient (Wildman–Crippen LogP) is 4.18. The highest BCUT2D eigenvalue weighted by molar-refractivity contribution is 5.72. The van der Waals surface area contributed by atoms with Crippen molar-refractivity contribution in [2.45, 2.75) is 97.8 Å². The number of carbonyl (C=O) groups is 2. The molecule has 0 aromatic rings. The summed E-state index contributed by atoms with van der Waals surface area (Å²) in [5.41, 5.74) is 5.32. The Bertz CT molecular complexity index is 354. The minimum absolute atomic E-state index is 0.0591. The summed E-state index contributed by atoms with van der Waals surface area (Å²) in [6, 6.07) is 0. The Hall–Kier alpha value is -1.18. The van der Waals surface area contributed by atoms with Gasteiger partial charge >= 0.3 is 0 Å². The van der Waals surface area contributed by atoms with Crippen LogP contribution in [0.5, 0.6) is 0 Å². The van der Waals surface area contributed by atoms with Crippen LogP contribution in [0.1, 0.15) is 97.8 Å². The SMILES string of the molecule is CC(=O)NCCCCCCN.CCCOC.COCCCCCCCCCNC(C)=O. The number of unbranched alkanes of at least 4 members (excludes halogenated alkanes) is 9. The number of carbonyl (C=O) groups excluding carboxylic acids is 2. The van der Waals surface area contributed by atoms with Gasteiger partial charge in [-0.2, -0.15) is 0 Å². The lowest BCUT2D eigenvalue weighted by Gasteiger charge is -2.02. The maximum atomic E-state index is 10.6. The van der Waals surface area contributed by atoms with Crippen LogP contribution < -0.4 is 16.4 Å². The van der Waals surface area contributed by atoms with Crippen LogP contribution in [0, 0.1) is 0 Å². The molecule has 0 saturated heterocycles. The molecule has 31 heavy (non-hydrogen) atoms. The number of hydrogen-bond donors (Lipinski definition) is 3. The van der Waals surface area contributed by atoms with E-state index in [1.807, 2.05) is 0 Å². The van der Waals surface area contributed by atoms with Gasteiger partial charge < -0.3 is 25.8 Å². The number of hydrogen-bond acceptors (Lipinski definition) is 5. The standard InChI is InChI=1S/C12H25NO2.C8H18N2O.C4H10O/c1-12(14)13-10-8-6-4-3-5-7-9-11-15-2;1-8(11)10-7-5-3-2-4-6-9;1-3-4-5-2/h3-11H2,1-2H3,(H,13,14);2-7,9H2,1H3,(H,10,11);3-4H2,1-2H3. The average Bonchev–Trinajstić information content (AvgIpc) is 2.73. The largest absolute Gasteiger partial charge is 0.385 e. The quantitative estimate of drug-likeness (QED) is 0.273. The fourth-order valence-corrected chi connectivity index (χ4v) is 2.61. The van der Waals surface area contributed by atoms with Crippen molar-refractivity contribution >= 4 is 11.8 Å². The molecule has 0 spiro atoms. The van der Waals surface area contributed by atoms with Gasteiger partial charge in [0.05, 0.1) is 0 Å². The molecule has 7 heteroatoms. The van der Waals surface area contributed by atoms with Gasteiger partial charge in [0, 0.05) is 54.4 Å². The second-order valence-corrected chi connectivity index (χ2v) is 7.63. The first-order valence-corrected chi connectivity index (χ1v) is 12.1. The molecule has 0 aliphatic rings. The van der Waals surface area contributed by atoms with Crippen molar-refractivity contribution in [2.75, 3.05) is 47.1 Å². The van der Waals surface area contributed by atoms with Gasteiger partial charge in [0.15, 0.2) is 0 Å². The Kier molecular flexibility index (Phi) is 37.2. The number of amides is 2. The minimum Gasteiger partial charge on any atom is -0.385 e. The summed E-state index contributed by atoms with van der Waals surface area (Å²) in [4.78, 5) is 21.0. The van der Waals surface area contributed by atoms with E-state index in [4.69, 9.17) is 15.2 Å². The van der Waals surface area contributed by atoms with Crippen LogP contribution in [-0.4, -0.2) is 58.9 Å². The van der Waals surface area contributed by atoms with Crippen molar-refractivity contribution in [3.05, 3.63) is 0 Å². The lowest BCUT2D eigenvalue weighted by atomic mass is 10.1. The van der Waals surface area contributed by atoms with Crippen molar-refractivity contribution < 1.29 is 19.1 Å². The van der Waals surface area contributed by atoms with Crippen molar-refractivity contribution in [3.8, 4) is 0 Å². The summed E-state index contributed by atoms with van der Waals surface area (Å²) in [6.45, 7) is 9.39. The van der Waals surface area contributed by atoms with Crippen molar-refractivity contribution in [3.63, 3.8) is 0 Å². The molecule has 0 fully saturated rings. The Balaban J connectivity index is -0.000000428. The maximum Gasteiger partial charge on any atom is 0.216 e. The van der Waals surface area contributed by atoms with Crippen LogP contribution in [0.15, 0.2) is 0 Å². The van der Waals surface area contributed by atoms with Gasteiger partial charge in [0.25, 0.3) is 0 Å². The molecular weight excluding hydrogens is 394 g/mol. The Morgan fingerprint density at radius 1 is 0.645 bits per heavy atom. The van der Waals surface area contributed by atoms with Crippen LogP contribution in [-0.2, 0) is 19.1 Å². The Morgan fingerprint density at radius 3 is 1.35 bits per heavy atom. The molecule has 0 aromatic carbocycles. The number of nitrogens with one attached hydrogen (secondary N) is 2. The highest BCUT2D eigenvalue weighted by Gasteiger charge is 1.93. The molecule has 4 N–H and O–H groups in total. The lowest BCUT2D eigenvalue weighted by molar-refractivity contribution is -0.119. The van der Waals surface area contributed by atoms with Gasteiger partial charge in [0.1, 0.15) is 0 Å². The van der Waals surface area contributed by atoms with Gasteiger partial charge in [0.2, 0.25) is 11.8 Å². The first kappa shape index (κ1) is 34.4. The van der Waals surface area contributed by atoms with Gasteiger partial charge in [-0.1, -0.05) is 51.9 Å². The fourth-order valence-electron chi connectivity index (χ4n) is 2.61. The molecular formula is C24H53N3O4. The van der Waals surface area contributed by atoms with E-state index in [1.165, 1.54) is 44.9 Å². The van der Waals surface area contributed by atoms with Crippen LogP contribution in [0.25, 0.3) is 0 Å². The van der Waals surface area contributed by atoms with E-state index >= 15 is 0 Å². The number of ether oxygens (including phenoxy) is 2. The van der Waals surface area contributed by atoms with Gasteiger partial charge in [-0.3, -0.25) is 9.59 Å². The molecule has 0 rings (SSSR count). The van der Waals surface area contributed by atoms with Crippen molar-refractivity contribution in [2.24, 2.45) is 5.73 Å². The summed E-state index contributed by atoms with van der Waals surface area (Å²) in [7, 11) is 3.46. The summed E-state index contributed by atoms with van der Waals surface area (Å²) in [5.74, 6) is 0.137. The lowest BCUT2D eigenvalue weighted by Crippen LogP contribution is -2.20. The number of methoxy groups -OCH3 is 2. The highest BCUT2D eigenvalue weighted by Crippen LogP contribution is 2.06. The van der Waals surface area contributed by atoms with E-state index < -0.39 is 0 Å². The van der Waals surface area contributed by atoms with Crippen LogP contribution in [0.3, 0.4) is 0 Å². The molecule has 0 radical (unpaired) electrons. The van der Waals surface area contributed by atoms with E-state index in [-0.39, 0.29) is 11.8 Å². The molecule has 0 atom stereocenters. The molecule has 7 nitrogen and oxygen atoms in total. The van der Waals surface area contributed by atoms with Crippen LogP contribution in [0.2, 0.25) is 0 Å². The zero-order chi connectivity index (χ0) is 24.0. The van der Waals surface area contributed by atoms with Crippen molar-refractivity contribution in [1.29, 1.82) is 0 Å². The molecule has 0 bridgehead atoms. The number of rotatable bonds is 18. The molecule has 188 valence electrons. The average molecular weight is 448 g/mol. The molecule has 0 heterocycles. The topological polar surface area (TPSA) is 103 Å². The summed E-state index contributed by atoms with van der Waals surface area (Å²) in [5, 5.41) is 5.56. The van der Waals surface area contributed by atoms with Crippen LogP contribution >= 0.6 is 0 Å². The fraction of sp³-hybridized carbons (Fsp3) is 0.917. The smallest absolute Gasteiger partial charge is 0.216 e. The van der Waals surface area contributed by atoms with E-state index in [0.29, 0.717) is 0 Å².